The van der Waals surface area contributed by atoms with Crippen molar-refractivity contribution in [3.05, 3.63) is 70.4 Å². The molecular formula is C17H13N4O2+. The number of rotatable bonds is 2. The molecular weight excluding hydrogens is 292 g/mol. The van der Waals surface area contributed by atoms with E-state index in [1.54, 1.807) is 18.3 Å². The van der Waals surface area contributed by atoms with E-state index in [2.05, 4.69) is 9.98 Å². The van der Waals surface area contributed by atoms with Gasteiger partial charge >= 0.3 is 0 Å². The molecule has 4 rings (SSSR count). The average Bonchev–Trinajstić information content (AvgIpc) is 2.93. The van der Waals surface area contributed by atoms with E-state index in [0.29, 0.717) is 10.2 Å². The lowest BCUT2D eigenvalue weighted by molar-refractivity contribution is -0.384. The average molecular weight is 305 g/mol. The molecule has 0 fully saturated rings. The highest BCUT2D eigenvalue weighted by Gasteiger charge is 2.40. The largest absolute Gasteiger partial charge is 0.270 e. The lowest BCUT2D eigenvalue weighted by atomic mass is 10.1. The van der Waals surface area contributed by atoms with Crippen molar-refractivity contribution in [2.24, 2.45) is 9.98 Å². The van der Waals surface area contributed by atoms with Crippen molar-refractivity contribution in [1.29, 1.82) is 0 Å². The minimum absolute atomic E-state index is 0.0604. The molecule has 112 valence electrons. The van der Waals surface area contributed by atoms with Crippen LogP contribution in [0.2, 0.25) is 0 Å². The molecule has 23 heavy (non-hydrogen) atoms. The molecule has 0 spiro atoms. The van der Waals surface area contributed by atoms with E-state index in [0.717, 1.165) is 22.8 Å². The quantitative estimate of drug-likeness (QED) is 0.483. The number of amidine groups is 1. The van der Waals surface area contributed by atoms with E-state index in [4.69, 9.17) is 0 Å². The van der Waals surface area contributed by atoms with E-state index in [1.807, 2.05) is 43.6 Å². The Morgan fingerprint density at radius 3 is 2.78 bits per heavy atom. The fraction of sp³-hybridized carbons (Fsp3) is 0.0588. The molecule has 2 aliphatic heterocycles. The van der Waals surface area contributed by atoms with Crippen molar-refractivity contribution in [3.63, 3.8) is 0 Å². The van der Waals surface area contributed by atoms with Crippen molar-refractivity contribution >= 4 is 34.8 Å². The zero-order valence-corrected chi connectivity index (χ0v) is 12.4. The Bertz CT molecular complexity index is 930. The monoisotopic (exact) mass is 305 g/mol. The lowest BCUT2D eigenvalue weighted by Gasteiger charge is -2.28. The second kappa shape index (κ2) is 4.69. The molecule has 0 saturated heterocycles. The Kier molecular flexibility index (Phi) is 2.76. The van der Waals surface area contributed by atoms with E-state index in [9.17, 15) is 10.1 Å². The molecule has 2 heterocycles. The van der Waals surface area contributed by atoms with Gasteiger partial charge in [0.05, 0.1) is 12.0 Å². The van der Waals surface area contributed by atoms with Crippen LogP contribution in [0.4, 0.5) is 17.1 Å². The molecule has 0 radical (unpaired) electrons. The summed E-state index contributed by atoms with van der Waals surface area (Å²) >= 11 is 0. The standard InChI is InChI=1S/C17H13N4O2/c1-21-11-15(12-5-4-6-13(9-12)20(22)23)19-17(21)10-18-14-7-2-3-8-16(14)21/h2-11H,1H3/q+1. The summed E-state index contributed by atoms with van der Waals surface area (Å²) in [6.07, 6.45) is 3.75. The maximum Gasteiger partial charge on any atom is 0.270 e. The summed E-state index contributed by atoms with van der Waals surface area (Å²) in [5, 5.41) is 11.0. The lowest BCUT2D eigenvalue weighted by Crippen LogP contribution is -2.45. The van der Waals surface area contributed by atoms with Crippen LogP contribution in [0.25, 0.3) is 5.70 Å². The summed E-state index contributed by atoms with van der Waals surface area (Å²) in [5.74, 6) is 0.796. The van der Waals surface area contributed by atoms with Crippen LogP contribution in [0.3, 0.4) is 0 Å². The Balaban J connectivity index is 1.85. The van der Waals surface area contributed by atoms with Gasteiger partial charge < -0.3 is 0 Å². The van der Waals surface area contributed by atoms with Crippen molar-refractivity contribution in [2.75, 3.05) is 7.05 Å². The first kappa shape index (κ1) is 13.5. The molecule has 2 aliphatic rings. The highest BCUT2D eigenvalue weighted by molar-refractivity contribution is 6.38. The SMILES string of the molecule is C[N+]12C=C(c3cccc([N+](=O)[O-])c3)N=C1C=Nc1ccccc12. The molecule has 6 nitrogen and oxygen atoms in total. The normalized spacial score (nSPS) is 21.3. The number of hydrogen-bond acceptors (Lipinski definition) is 4. The molecule has 0 bridgehead atoms. The number of aliphatic imine (C=N–C) groups is 2. The van der Waals surface area contributed by atoms with Gasteiger partial charge in [0.15, 0.2) is 5.69 Å². The first-order chi connectivity index (χ1) is 11.1. The minimum Gasteiger partial charge on any atom is -0.258 e. The molecule has 2 aromatic rings. The van der Waals surface area contributed by atoms with Crippen LogP contribution in [0.5, 0.6) is 0 Å². The number of non-ortho nitro benzene ring substituents is 1. The topological polar surface area (TPSA) is 67.9 Å². The fourth-order valence-electron chi connectivity index (χ4n) is 2.92. The highest BCUT2D eigenvalue weighted by Crippen LogP contribution is 2.40. The Labute approximate surface area is 132 Å². The van der Waals surface area contributed by atoms with E-state index in [1.165, 1.54) is 6.07 Å². The van der Waals surface area contributed by atoms with Crippen molar-refractivity contribution in [2.45, 2.75) is 0 Å². The molecule has 1 atom stereocenters. The summed E-state index contributed by atoms with van der Waals surface area (Å²) < 4.78 is 0.414. The number of nitro benzene ring substituents is 1. The molecule has 1 unspecified atom stereocenters. The molecule has 0 amide bonds. The van der Waals surface area contributed by atoms with Crippen molar-refractivity contribution in [1.82, 2.24) is 4.48 Å². The van der Waals surface area contributed by atoms with Crippen molar-refractivity contribution < 1.29 is 4.92 Å². The smallest absolute Gasteiger partial charge is 0.258 e. The molecule has 0 saturated carbocycles. The van der Waals surface area contributed by atoms with Crippen LogP contribution in [-0.2, 0) is 0 Å². The third-order valence-electron chi connectivity index (χ3n) is 4.15. The Morgan fingerprint density at radius 1 is 1.13 bits per heavy atom. The summed E-state index contributed by atoms with van der Waals surface area (Å²) in [4.78, 5) is 19.6. The second-order valence-corrected chi connectivity index (χ2v) is 5.61. The number of benzene rings is 2. The summed E-state index contributed by atoms with van der Waals surface area (Å²) in [6.45, 7) is 0. The van der Waals surface area contributed by atoms with E-state index < -0.39 is 4.92 Å². The van der Waals surface area contributed by atoms with Gasteiger partial charge in [0, 0.05) is 23.8 Å². The van der Waals surface area contributed by atoms with Gasteiger partial charge in [0.1, 0.15) is 23.8 Å². The van der Waals surface area contributed by atoms with Crippen LogP contribution < -0.4 is 4.48 Å². The number of nitro groups is 1. The van der Waals surface area contributed by atoms with Crippen LogP contribution in [0.15, 0.2) is 64.7 Å². The molecule has 0 aliphatic carbocycles. The van der Waals surface area contributed by atoms with E-state index in [-0.39, 0.29) is 5.69 Å². The Morgan fingerprint density at radius 2 is 1.96 bits per heavy atom. The summed E-state index contributed by atoms with van der Waals surface area (Å²) in [7, 11) is 2.03. The van der Waals surface area contributed by atoms with Crippen LogP contribution in [-0.4, -0.2) is 24.0 Å². The van der Waals surface area contributed by atoms with Gasteiger partial charge in [-0.15, -0.1) is 0 Å². The van der Waals surface area contributed by atoms with Crippen LogP contribution in [0, 0.1) is 10.1 Å². The van der Waals surface area contributed by atoms with Gasteiger partial charge in [0.25, 0.3) is 11.5 Å². The maximum atomic E-state index is 11.0. The van der Waals surface area contributed by atoms with Crippen LogP contribution >= 0.6 is 0 Å². The molecule has 0 N–H and O–H groups in total. The third-order valence-corrected chi connectivity index (χ3v) is 4.15. The Hall–Kier alpha value is -3.12. The van der Waals surface area contributed by atoms with Gasteiger partial charge in [-0.2, -0.15) is 4.99 Å². The number of quaternary nitrogens is 1. The van der Waals surface area contributed by atoms with E-state index >= 15 is 0 Å². The van der Waals surface area contributed by atoms with Gasteiger partial charge in [0.2, 0.25) is 0 Å². The summed E-state index contributed by atoms with van der Waals surface area (Å²) in [6, 6.07) is 14.4. The zero-order chi connectivity index (χ0) is 16.0. The number of fused-ring (bicyclic) bond motifs is 3. The molecule has 0 aromatic heterocycles. The van der Waals surface area contributed by atoms with Gasteiger partial charge in [-0.05, 0) is 6.07 Å². The first-order valence-electron chi connectivity index (χ1n) is 7.15. The van der Waals surface area contributed by atoms with Gasteiger partial charge in [-0.3, -0.25) is 10.1 Å². The predicted molar refractivity (Wildman–Crippen MR) is 90.8 cm³/mol. The highest BCUT2D eigenvalue weighted by atomic mass is 16.6. The molecule has 6 heteroatoms. The van der Waals surface area contributed by atoms with Gasteiger partial charge in [-0.25, -0.2) is 9.48 Å². The van der Waals surface area contributed by atoms with Gasteiger partial charge in [-0.1, -0.05) is 24.3 Å². The summed E-state index contributed by atoms with van der Waals surface area (Å²) in [5.41, 5.74) is 3.45. The number of hydrogen-bond donors (Lipinski definition) is 0. The van der Waals surface area contributed by atoms with Crippen LogP contribution in [0.1, 0.15) is 5.56 Å². The fourth-order valence-corrected chi connectivity index (χ4v) is 2.92. The minimum atomic E-state index is -0.396. The second-order valence-electron chi connectivity index (χ2n) is 5.61. The van der Waals surface area contributed by atoms with Crippen molar-refractivity contribution in [3.8, 4) is 0 Å². The zero-order valence-electron chi connectivity index (χ0n) is 12.4. The first-order valence-corrected chi connectivity index (χ1v) is 7.15. The number of para-hydroxylation sites is 2. The molecule has 2 aromatic carbocycles. The number of nitrogens with zero attached hydrogens (tertiary/aromatic N) is 4. The predicted octanol–water partition coefficient (Wildman–Crippen LogP) is 3.66. The maximum absolute atomic E-state index is 11.0. The third kappa shape index (κ3) is 2.00.